The number of aromatic nitrogens is 4. The van der Waals surface area contributed by atoms with Gasteiger partial charge in [0.1, 0.15) is 12.4 Å². The van der Waals surface area contributed by atoms with Gasteiger partial charge < -0.3 is 14.6 Å². The summed E-state index contributed by atoms with van der Waals surface area (Å²) >= 11 is 0. The molecule has 4 rings (SSSR count). The molecule has 0 saturated heterocycles. The Labute approximate surface area is 174 Å². The van der Waals surface area contributed by atoms with Crippen LogP contribution in [0.25, 0.3) is 5.69 Å². The van der Waals surface area contributed by atoms with Gasteiger partial charge in [0.2, 0.25) is 0 Å². The number of nitrogens with zero attached hydrogens (tertiary/aromatic N) is 4. The normalized spacial score (nSPS) is 10.7. The number of imidazole rings is 1. The zero-order chi connectivity index (χ0) is 20.9. The summed E-state index contributed by atoms with van der Waals surface area (Å²) in [6, 6.07) is 15.4. The third-order valence-corrected chi connectivity index (χ3v) is 4.90. The molecule has 7 heteroatoms. The van der Waals surface area contributed by atoms with E-state index in [0.29, 0.717) is 30.2 Å². The van der Waals surface area contributed by atoms with Gasteiger partial charge in [-0.25, -0.2) is 9.67 Å². The molecule has 152 valence electrons. The summed E-state index contributed by atoms with van der Waals surface area (Å²) < 4.78 is 9.61. The quantitative estimate of drug-likeness (QED) is 0.508. The smallest absolute Gasteiger partial charge is 0.259 e. The van der Waals surface area contributed by atoms with E-state index >= 15 is 0 Å². The molecule has 1 N–H and O–H groups in total. The lowest BCUT2D eigenvalue weighted by molar-refractivity contribution is 0.102. The van der Waals surface area contributed by atoms with Crippen LogP contribution < -0.4 is 10.1 Å². The second-order valence-corrected chi connectivity index (χ2v) is 6.94. The molecule has 0 aliphatic carbocycles. The average Bonchev–Trinajstić information content (AvgIpc) is 3.39. The lowest BCUT2D eigenvalue weighted by Crippen LogP contribution is -2.15. The van der Waals surface area contributed by atoms with Crippen molar-refractivity contribution in [3.8, 4) is 11.4 Å². The van der Waals surface area contributed by atoms with Crippen LogP contribution in [0.5, 0.6) is 5.75 Å². The molecule has 4 aromatic rings. The van der Waals surface area contributed by atoms with E-state index < -0.39 is 0 Å². The highest BCUT2D eigenvalue weighted by molar-refractivity contribution is 6.05. The predicted octanol–water partition coefficient (Wildman–Crippen LogP) is 4.02. The average molecular weight is 401 g/mol. The van der Waals surface area contributed by atoms with Gasteiger partial charge in [-0.15, -0.1) is 0 Å². The first-order valence-corrected chi connectivity index (χ1v) is 9.73. The van der Waals surface area contributed by atoms with Crippen molar-refractivity contribution in [3.63, 3.8) is 0 Å². The molecule has 0 bridgehead atoms. The molecule has 30 heavy (non-hydrogen) atoms. The summed E-state index contributed by atoms with van der Waals surface area (Å²) in [5.74, 6) is 0.396. The predicted molar refractivity (Wildman–Crippen MR) is 115 cm³/mol. The van der Waals surface area contributed by atoms with Crippen LogP contribution >= 0.6 is 0 Å². The third-order valence-electron chi connectivity index (χ3n) is 4.90. The number of carbonyl (C=O) groups is 1. The SMILES string of the molecule is Cc1ccccc1-n1ncc(C(=O)Nc2ccccc2OCCn2ccnc2)c1C. The molecule has 0 fully saturated rings. The number of aryl methyl sites for hydroxylation is 1. The maximum Gasteiger partial charge on any atom is 0.259 e. The Morgan fingerprint density at radius 1 is 1.10 bits per heavy atom. The number of para-hydroxylation sites is 3. The first kappa shape index (κ1) is 19.4. The van der Waals surface area contributed by atoms with Gasteiger partial charge in [0.05, 0.1) is 41.7 Å². The first-order chi connectivity index (χ1) is 14.6. The van der Waals surface area contributed by atoms with Crippen molar-refractivity contribution in [3.05, 3.63) is 90.3 Å². The topological polar surface area (TPSA) is 74.0 Å². The molecule has 0 aliphatic heterocycles. The molecule has 0 aliphatic rings. The van der Waals surface area contributed by atoms with Gasteiger partial charge >= 0.3 is 0 Å². The van der Waals surface area contributed by atoms with Crippen LogP contribution in [0.1, 0.15) is 21.6 Å². The van der Waals surface area contributed by atoms with Gasteiger partial charge in [-0.1, -0.05) is 30.3 Å². The molecule has 0 spiro atoms. The number of ether oxygens (including phenoxy) is 1. The Morgan fingerprint density at radius 3 is 2.70 bits per heavy atom. The molecule has 2 aromatic heterocycles. The number of amides is 1. The summed E-state index contributed by atoms with van der Waals surface area (Å²) in [4.78, 5) is 17.0. The summed E-state index contributed by atoms with van der Waals surface area (Å²) in [7, 11) is 0. The monoisotopic (exact) mass is 401 g/mol. The second-order valence-electron chi connectivity index (χ2n) is 6.94. The largest absolute Gasteiger partial charge is 0.490 e. The molecule has 0 unspecified atom stereocenters. The zero-order valence-electron chi connectivity index (χ0n) is 16.9. The Morgan fingerprint density at radius 2 is 1.90 bits per heavy atom. The maximum absolute atomic E-state index is 12.9. The van der Waals surface area contributed by atoms with E-state index in [1.54, 1.807) is 23.4 Å². The molecular weight excluding hydrogens is 378 g/mol. The standard InChI is InChI=1S/C23H23N5O2/c1-17-7-3-5-9-21(17)28-18(2)19(15-25-28)23(29)26-20-8-4-6-10-22(20)30-14-13-27-12-11-24-16-27/h3-12,15-16H,13-14H2,1-2H3,(H,26,29). The molecule has 0 saturated carbocycles. The van der Waals surface area contributed by atoms with Crippen LogP contribution in [0.2, 0.25) is 0 Å². The van der Waals surface area contributed by atoms with Gasteiger partial charge in [0, 0.05) is 12.4 Å². The minimum Gasteiger partial charge on any atom is -0.490 e. The minimum absolute atomic E-state index is 0.224. The molecule has 0 radical (unpaired) electrons. The van der Waals surface area contributed by atoms with E-state index in [0.717, 1.165) is 16.9 Å². The number of hydrogen-bond donors (Lipinski definition) is 1. The van der Waals surface area contributed by atoms with Crippen LogP contribution in [0, 0.1) is 13.8 Å². The van der Waals surface area contributed by atoms with Gasteiger partial charge in [0.25, 0.3) is 5.91 Å². The van der Waals surface area contributed by atoms with Crippen LogP contribution in [-0.2, 0) is 6.54 Å². The fourth-order valence-corrected chi connectivity index (χ4v) is 3.24. The Kier molecular flexibility index (Phi) is 5.61. The highest BCUT2D eigenvalue weighted by atomic mass is 16.5. The Hall–Kier alpha value is -3.87. The van der Waals surface area contributed by atoms with E-state index in [2.05, 4.69) is 15.4 Å². The summed E-state index contributed by atoms with van der Waals surface area (Å²) in [6.07, 6.45) is 6.95. The van der Waals surface area contributed by atoms with Crippen molar-refractivity contribution in [2.75, 3.05) is 11.9 Å². The van der Waals surface area contributed by atoms with Gasteiger partial charge in [-0.3, -0.25) is 4.79 Å². The number of nitrogens with one attached hydrogen (secondary N) is 1. The van der Waals surface area contributed by atoms with Gasteiger partial charge in [-0.2, -0.15) is 5.10 Å². The second kappa shape index (κ2) is 8.65. The highest BCUT2D eigenvalue weighted by Gasteiger charge is 2.17. The summed E-state index contributed by atoms with van der Waals surface area (Å²) in [5.41, 5.74) is 3.97. The molecule has 1 amide bonds. The number of anilines is 1. The van der Waals surface area contributed by atoms with Gasteiger partial charge in [0.15, 0.2) is 0 Å². The first-order valence-electron chi connectivity index (χ1n) is 9.73. The molecule has 2 heterocycles. The number of benzene rings is 2. The van der Waals surface area contributed by atoms with Crippen LogP contribution in [-0.4, -0.2) is 31.8 Å². The molecule has 0 atom stereocenters. The number of hydrogen-bond acceptors (Lipinski definition) is 4. The minimum atomic E-state index is -0.224. The van der Waals surface area contributed by atoms with E-state index in [1.807, 2.05) is 73.1 Å². The van der Waals surface area contributed by atoms with Gasteiger partial charge in [-0.05, 0) is 37.6 Å². The summed E-state index contributed by atoms with van der Waals surface area (Å²) in [5, 5.41) is 7.38. The van der Waals surface area contributed by atoms with Crippen LogP contribution in [0.3, 0.4) is 0 Å². The van der Waals surface area contributed by atoms with Crippen molar-refractivity contribution < 1.29 is 9.53 Å². The summed E-state index contributed by atoms with van der Waals surface area (Å²) in [6.45, 7) is 5.05. The van der Waals surface area contributed by atoms with E-state index in [-0.39, 0.29) is 5.91 Å². The highest BCUT2D eigenvalue weighted by Crippen LogP contribution is 2.25. The Bertz CT molecular complexity index is 1150. The lowest BCUT2D eigenvalue weighted by atomic mass is 10.2. The number of rotatable bonds is 7. The number of carbonyl (C=O) groups excluding carboxylic acids is 1. The lowest BCUT2D eigenvalue weighted by Gasteiger charge is -2.13. The fraction of sp³-hybridized carbons (Fsp3) is 0.174. The molecule has 7 nitrogen and oxygen atoms in total. The van der Waals surface area contributed by atoms with E-state index in [1.165, 1.54) is 0 Å². The fourth-order valence-electron chi connectivity index (χ4n) is 3.24. The van der Waals surface area contributed by atoms with Crippen molar-refractivity contribution in [2.45, 2.75) is 20.4 Å². The van der Waals surface area contributed by atoms with Crippen LogP contribution in [0.15, 0.2) is 73.4 Å². The van der Waals surface area contributed by atoms with Crippen LogP contribution in [0.4, 0.5) is 5.69 Å². The van der Waals surface area contributed by atoms with Crippen molar-refractivity contribution in [1.29, 1.82) is 0 Å². The zero-order valence-corrected chi connectivity index (χ0v) is 16.9. The van der Waals surface area contributed by atoms with E-state index in [4.69, 9.17) is 4.74 Å². The Balaban J connectivity index is 1.49. The third kappa shape index (κ3) is 4.10. The van der Waals surface area contributed by atoms with Crippen molar-refractivity contribution >= 4 is 11.6 Å². The van der Waals surface area contributed by atoms with E-state index in [9.17, 15) is 4.79 Å². The molecule has 2 aromatic carbocycles. The van der Waals surface area contributed by atoms with Crippen molar-refractivity contribution in [1.82, 2.24) is 19.3 Å². The molecular formula is C23H23N5O2. The van der Waals surface area contributed by atoms with Crippen molar-refractivity contribution in [2.24, 2.45) is 0 Å². The maximum atomic E-state index is 12.9.